The second-order valence-electron chi connectivity index (χ2n) is 3.93. The molecular formula is C12H14N4O2. The Morgan fingerprint density at radius 1 is 1.50 bits per heavy atom. The SMILES string of the molecule is C[C@@H](CC#N)[C@@H](NC(=O)c1ccncc1)C(N)=O. The predicted molar refractivity (Wildman–Crippen MR) is 64.1 cm³/mol. The van der Waals surface area contributed by atoms with Crippen LogP contribution in [-0.2, 0) is 4.79 Å². The molecule has 0 unspecified atom stereocenters. The maximum atomic E-state index is 11.8. The highest BCUT2D eigenvalue weighted by molar-refractivity contribution is 5.97. The van der Waals surface area contributed by atoms with Crippen molar-refractivity contribution in [2.24, 2.45) is 11.7 Å². The molecule has 0 radical (unpaired) electrons. The molecule has 0 saturated heterocycles. The van der Waals surface area contributed by atoms with E-state index in [-0.39, 0.29) is 12.3 Å². The summed E-state index contributed by atoms with van der Waals surface area (Å²) in [5, 5.41) is 11.1. The molecule has 0 aliphatic heterocycles. The Bertz CT molecular complexity index is 467. The zero-order valence-electron chi connectivity index (χ0n) is 9.96. The number of rotatable bonds is 5. The van der Waals surface area contributed by atoms with Gasteiger partial charge in [-0.3, -0.25) is 14.6 Å². The summed E-state index contributed by atoms with van der Waals surface area (Å²) in [4.78, 5) is 26.9. The highest BCUT2D eigenvalue weighted by Crippen LogP contribution is 2.08. The quantitative estimate of drug-likeness (QED) is 0.774. The molecule has 94 valence electrons. The summed E-state index contributed by atoms with van der Waals surface area (Å²) in [5.41, 5.74) is 5.61. The number of primary amides is 1. The molecule has 0 fully saturated rings. The molecular weight excluding hydrogens is 232 g/mol. The molecule has 1 rings (SSSR count). The summed E-state index contributed by atoms with van der Waals surface area (Å²) in [6.45, 7) is 1.69. The maximum absolute atomic E-state index is 11.8. The number of pyridine rings is 1. The van der Waals surface area contributed by atoms with Gasteiger partial charge in [0.15, 0.2) is 0 Å². The molecule has 0 bridgehead atoms. The third-order valence-electron chi connectivity index (χ3n) is 2.52. The van der Waals surface area contributed by atoms with Gasteiger partial charge < -0.3 is 11.1 Å². The number of carbonyl (C=O) groups is 2. The van der Waals surface area contributed by atoms with Crippen LogP contribution in [0.15, 0.2) is 24.5 Å². The Morgan fingerprint density at radius 3 is 2.61 bits per heavy atom. The molecule has 2 atom stereocenters. The highest BCUT2D eigenvalue weighted by atomic mass is 16.2. The normalized spacial score (nSPS) is 13.1. The van der Waals surface area contributed by atoms with Crippen molar-refractivity contribution >= 4 is 11.8 Å². The minimum Gasteiger partial charge on any atom is -0.368 e. The van der Waals surface area contributed by atoms with Gasteiger partial charge in [-0.05, 0) is 18.1 Å². The third kappa shape index (κ3) is 3.56. The van der Waals surface area contributed by atoms with Crippen molar-refractivity contribution in [3.8, 4) is 6.07 Å². The Hall–Kier alpha value is -2.42. The van der Waals surface area contributed by atoms with E-state index in [1.807, 2.05) is 6.07 Å². The number of nitrogens with two attached hydrogens (primary N) is 1. The first-order valence-corrected chi connectivity index (χ1v) is 5.43. The van der Waals surface area contributed by atoms with Gasteiger partial charge >= 0.3 is 0 Å². The Kier molecular flexibility index (Phi) is 4.81. The van der Waals surface area contributed by atoms with Crippen LogP contribution in [-0.4, -0.2) is 22.8 Å². The second-order valence-corrected chi connectivity index (χ2v) is 3.93. The summed E-state index contributed by atoms with van der Waals surface area (Å²) in [7, 11) is 0. The lowest BCUT2D eigenvalue weighted by atomic mass is 9.98. The van der Waals surface area contributed by atoms with Crippen LogP contribution in [0, 0.1) is 17.2 Å². The van der Waals surface area contributed by atoms with E-state index in [2.05, 4.69) is 10.3 Å². The van der Waals surface area contributed by atoms with Gasteiger partial charge in [0.1, 0.15) is 6.04 Å². The molecule has 0 spiro atoms. The summed E-state index contributed by atoms with van der Waals surface area (Å²) in [5.74, 6) is -1.40. The number of hydrogen-bond donors (Lipinski definition) is 2. The number of amides is 2. The molecule has 1 heterocycles. The van der Waals surface area contributed by atoms with Crippen LogP contribution < -0.4 is 11.1 Å². The molecule has 6 nitrogen and oxygen atoms in total. The fraction of sp³-hybridized carbons (Fsp3) is 0.333. The lowest BCUT2D eigenvalue weighted by Crippen LogP contribution is -2.48. The summed E-state index contributed by atoms with van der Waals surface area (Å²) >= 11 is 0. The standard InChI is InChI=1S/C12H14N4O2/c1-8(2-5-13)10(11(14)17)16-12(18)9-3-6-15-7-4-9/h3-4,6-8,10H,2H2,1H3,(H2,14,17)(H,16,18)/t8-,10+/m0/s1. The minimum absolute atomic E-state index is 0.143. The molecule has 1 aromatic rings. The molecule has 1 aromatic heterocycles. The van der Waals surface area contributed by atoms with E-state index in [0.717, 1.165) is 0 Å². The average Bonchev–Trinajstić information content (AvgIpc) is 2.36. The largest absolute Gasteiger partial charge is 0.368 e. The van der Waals surface area contributed by atoms with Gasteiger partial charge in [-0.25, -0.2) is 0 Å². The number of nitriles is 1. The van der Waals surface area contributed by atoms with Crippen LogP contribution in [0.1, 0.15) is 23.7 Å². The lowest BCUT2D eigenvalue weighted by molar-refractivity contribution is -0.120. The average molecular weight is 246 g/mol. The number of aromatic nitrogens is 1. The van der Waals surface area contributed by atoms with Crippen molar-refractivity contribution < 1.29 is 9.59 Å². The van der Waals surface area contributed by atoms with Crippen molar-refractivity contribution in [3.63, 3.8) is 0 Å². The summed E-state index contributed by atoms with van der Waals surface area (Å²) in [6.07, 6.45) is 3.10. The molecule has 0 saturated carbocycles. The first-order chi connectivity index (χ1) is 8.56. The van der Waals surface area contributed by atoms with Crippen LogP contribution in [0.3, 0.4) is 0 Å². The second kappa shape index (κ2) is 6.35. The van der Waals surface area contributed by atoms with Gasteiger partial charge in [0.25, 0.3) is 5.91 Å². The smallest absolute Gasteiger partial charge is 0.252 e. The monoisotopic (exact) mass is 246 g/mol. The molecule has 2 amide bonds. The van der Waals surface area contributed by atoms with Crippen molar-refractivity contribution in [2.75, 3.05) is 0 Å². The van der Waals surface area contributed by atoms with E-state index < -0.39 is 17.9 Å². The van der Waals surface area contributed by atoms with Crippen LogP contribution >= 0.6 is 0 Å². The Morgan fingerprint density at radius 2 is 2.11 bits per heavy atom. The third-order valence-corrected chi connectivity index (χ3v) is 2.52. The molecule has 0 aliphatic carbocycles. The van der Waals surface area contributed by atoms with E-state index in [1.165, 1.54) is 24.5 Å². The lowest BCUT2D eigenvalue weighted by Gasteiger charge is -2.20. The molecule has 0 aliphatic rings. The van der Waals surface area contributed by atoms with Crippen molar-refractivity contribution in [2.45, 2.75) is 19.4 Å². The van der Waals surface area contributed by atoms with Gasteiger partial charge in [0.2, 0.25) is 5.91 Å². The van der Waals surface area contributed by atoms with E-state index in [9.17, 15) is 9.59 Å². The molecule has 3 N–H and O–H groups in total. The van der Waals surface area contributed by atoms with Crippen molar-refractivity contribution in [1.82, 2.24) is 10.3 Å². The van der Waals surface area contributed by atoms with E-state index >= 15 is 0 Å². The van der Waals surface area contributed by atoms with Crippen molar-refractivity contribution in [1.29, 1.82) is 5.26 Å². The zero-order valence-corrected chi connectivity index (χ0v) is 9.96. The fourth-order valence-corrected chi connectivity index (χ4v) is 1.48. The summed E-state index contributed by atoms with van der Waals surface area (Å²) < 4.78 is 0. The van der Waals surface area contributed by atoms with Gasteiger partial charge in [-0.15, -0.1) is 0 Å². The first kappa shape index (κ1) is 13.6. The topological polar surface area (TPSA) is 109 Å². The van der Waals surface area contributed by atoms with E-state index in [0.29, 0.717) is 5.56 Å². The fourth-order valence-electron chi connectivity index (χ4n) is 1.48. The zero-order chi connectivity index (χ0) is 13.5. The van der Waals surface area contributed by atoms with E-state index in [1.54, 1.807) is 6.92 Å². The molecule has 6 heteroatoms. The number of hydrogen-bond acceptors (Lipinski definition) is 4. The number of carbonyl (C=O) groups excluding carboxylic acids is 2. The van der Waals surface area contributed by atoms with Crippen LogP contribution in [0.4, 0.5) is 0 Å². The van der Waals surface area contributed by atoms with Gasteiger partial charge in [0, 0.05) is 24.4 Å². The van der Waals surface area contributed by atoms with E-state index in [4.69, 9.17) is 11.0 Å². The maximum Gasteiger partial charge on any atom is 0.252 e. The Labute approximate surface area is 105 Å². The minimum atomic E-state index is -0.856. The van der Waals surface area contributed by atoms with Crippen LogP contribution in [0.2, 0.25) is 0 Å². The van der Waals surface area contributed by atoms with Crippen LogP contribution in [0.5, 0.6) is 0 Å². The molecule has 18 heavy (non-hydrogen) atoms. The first-order valence-electron chi connectivity index (χ1n) is 5.43. The summed E-state index contributed by atoms with van der Waals surface area (Å²) in [6, 6.07) is 4.15. The number of nitrogens with zero attached hydrogens (tertiary/aromatic N) is 2. The van der Waals surface area contributed by atoms with Gasteiger partial charge in [-0.2, -0.15) is 5.26 Å². The van der Waals surface area contributed by atoms with Gasteiger partial charge in [0.05, 0.1) is 6.07 Å². The van der Waals surface area contributed by atoms with Crippen molar-refractivity contribution in [3.05, 3.63) is 30.1 Å². The predicted octanol–water partition coefficient (Wildman–Crippen LogP) is 0.215. The van der Waals surface area contributed by atoms with Gasteiger partial charge in [-0.1, -0.05) is 6.92 Å². The highest BCUT2D eigenvalue weighted by Gasteiger charge is 2.24. The molecule has 0 aromatic carbocycles. The van der Waals surface area contributed by atoms with Crippen LogP contribution in [0.25, 0.3) is 0 Å². The Balaban J connectivity index is 2.77. The number of nitrogens with one attached hydrogen (secondary N) is 1.